The third kappa shape index (κ3) is 2.26. The molecule has 2 aromatic rings. The molecule has 0 spiro atoms. The molecule has 2 heterocycles. The fourth-order valence-electron chi connectivity index (χ4n) is 0.909. The van der Waals surface area contributed by atoms with Gasteiger partial charge in [0.05, 0.1) is 5.75 Å². The first-order valence-electron chi connectivity index (χ1n) is 3.83. The van der Waals surface area contributed by atoms with Gasteiger partial charge in [0.15, 0.2) is 5.16 Å². The molecule has 4 nitrogen and oxygen atoms in total. The summed E-state index contributed by atoms with van der Waals surface area (Å²) in [5.41, 5.74) is 0. The van der Waals surface area contributed by atoms with Crippen molar-refractivity contribution in [2.45, 2.75) is 10.9 Å². The zero-order chi connectivity index (χ0) is 9.97. The van der Waals surface area contributed by atoms with Crippen LogP contribution in [0.2, 0.25) is 4.47 Å². The van der Waals surface area contributed by atoms with Crippen molar-refractivity contribution in [1.82, 2.24) is 19.7 Å². The van der Waals surface area contributed by atoms with Crippen LogP contribution in [0.3, 0.4) is 0 Å². The van der Waals surface area contributed by atoms with Crippen LogP contribution in [-0.4, -0.2) is 19.7 Å². The number of nitrogens with zero attached hydrogens (tertiary/aromatic N) is 4. The molecular formula is C7H7ClN4S2. The van der Waals surface area contributed by atoms with Crippen LogP contribution in [0.4, 0.5) is 0 Å². The van der Waals surface area contributed by atoms with Gasteiger partial charge in [0.2, 0.25) is 4.47 Å². The van der Waals surface area contributed by atoms with E-state index in [1.54, 1.807) is 18.0 Å². The second kappa shape index (κ2) is 4.29. The number of aromatic nitrogens is 4. The molecule has 14 heavy (non-hydrogen) atoms. The maximum Gasteiger partial charge on any atom is 0.207 e. The maximum atomic E-state index is 5.67. The van der Waals surface area contributed by atoms with E-state index in [9.17, 15) is 0 Å². The summed E-state index contributed by atoms with van der Waals surface area (Å²) in [5, 5.41) is 9.54. The summed E-state index contributed by atoms with van der Waals surface area (Å²) >= 11 is 8.69. The van der Waals surface area contributed by atoms with E-state index in [0.717, 1.165) is 15.9 Å². The van der Waals surface area contributed by atoms with Gasteiger partial charge in [0.1, 0.15) is 5.01 Å². The summed E-state index contributed by atoms with van der Waals surface area (Å²) in [5.74, 6) is 0.759. The topological polar surface area (TPSA) is 43.6 Å². The van der Waals surface area contributed by atoms with E-state index in [4.69, 9.17) is 11.6 Å². The Morgan fingerprint density at radius 1 is 1.57 bits per heavy atom. The highest BCUT2D eigenvalue weighted by Crippen LogP contribution is 2.23. The number of rotatable bonds is 3. The molecule has 0 aliphatic heterocycles. The maximum absolute atomic E-state index is 5.67. The Kier molecular flexibility index (Phi) is 3.05. The van der Waals surface area contributed by atoms with Gasteiger partial charge in [-0.2, -0.15) is 0 Å². The van der Waals surface area contributed by atoms with Crippen LogP contribution in [0.25, 0.3) is 0 Å². The Hall–Kier alpha value is -0.590. The van der Waals surface area contributed by atoms with Gasteiger partial charge in [-0.05, 0) is 11.6 Å². The third-order valence-corrected chi connectivity index (χ3v) is 3.81. The standard InChI is InChI=1S/C7H7ClN4S2/c1-12-3-2-9-7(12)13-4-5-10-11-6(8)14-5/h2-3H,4H2,1H3. The Bertz CT molecular complexity index is 425. The number of hydrogen-bond donors (Lipinski definition) is 0. The van der Waals surface area contributed by atoms with Crippen LogP contribution < -0.4 is 0 Å². The molecule has 0 N–H and O–H groups in total. The molecule has 0 radical (unpaired) electrons. The predicted octanol–water partition coefficient (Wildman–Crippen LogP) is 2.22. The molecule has 2 aromatic heterocycles. The fourth-order valence-corrected chi connectivity index (χ4v) is 2.69. The highest BCUT2D eigenvalue weighted by Gasteiger charge is 2.05. The summed E-state index contributed by atoms with van der Waals surface area (Å²) in [6, 6.07) is 0. The summed E-state index contributed by atoms with van der Waals surface area (Å²) in [4.78, 5) is 4.19. The first-order chi connectivity index (χ1) is 6.75. The van der Waals surface area contributed by atoms with Gasteiger partial charge in [-0.1, -0.05) is 23.1 Å². The van der Waals surface area contributed by atoms with Crippen LogP contribution in [-0.2, 0) is 12.8 Å². The van der Waals surface area contributed by atoms with Gasteiger partial charge in [0, 0.05) is 19.4 Å². The van der Waals surface area contributed by atoms with Crippen molar-refractivity contribution < 1.29 is 0 Å². The molecule has 0 unspecified atom stereocenters. The summed E-state index contributed by atoms with van der Waals surface area (Å²) in [6.07, 6.45) is 3.69. The fraction of sp³-hybridized carbons (Fsp3) is 0.286. The quantitative estimate of drug-likeness (QED) is 0.779. The van der Waals surface area contributed by atoms with Crippen molar-refractivity contribution in [3.8, 4) is 0 Å². The van der Waals surface area contributed by atoms with Gasteiger partial charge in [0.25, 0.3) is 0 Å². The lowest BCUT2D eigenvalue weighted by molar-refractivity contribution is 0.789. The first kappa shape index (κ1) is 9.95. The monoisotopic (exact) mass is 246 g/mol. The smallest absolute Gasteiger partial charge is 0.207 e. The predicted molar refractivity (Wildman–Crippen MR) is 57.7 cm³/mol. The van der Waals surface area contributed by atoms with Gasteiger partial charge in [-0.15, -0.1) is 10.2 Å². The summed E-state index contributed by atoms with van der Waals surface area (Å²) < 4.78 is 2.45. The molecule has 0 atom stereocenters. The average molecular weight is 247 g/mol. The molecule has 0 aliphatic carbocycles. The normalized spacial score (nSPS) is 10.7. The third-order valence-electron chi connectivity index (χ3n) is 1.54. The van der Waals surface area contributed by atoms with Crippen molar-refractivity contribution in [3.63, 3.8) is 0 Å². The number of hydrogen-bond acceptors (Lipinski definition) is 5. The molecular weight excluding hydrogens is 240 g/mol. The van der Waals surface area contributed by atoms with Gasteiger partial charge in [-0.3, -0.25) is 0 Å². The van der Waals surface area contributed by atoms with Crippen molar-refractivity contribution in [1.29, 1.82) is 0 Å². The van der Waals surface area contributed by atoms with E-state index >= 15 is 0 Å². The van der Waals surface area contributed by atoms with Gasteiger partial charge < -0.3 is 4.57 Å². The lowest BCUT2D eigenvalue weighted by Crippen LogP contribution is -1.89. The minimum atomic E-state index is 0.487. The molecule has 7 heteroatoms. The number of thioether (sulfide) groups is 1. The SMILES string of the molecule is Cn1ccnc1SCc1nnc(Cl)s1. The summed E-state index contributed by atoms with van der Waals surface area (Å²) in [7, 11) is 1.96. The van der Waals surface area contributed by atoms with Crippen LogP contribution in [0.15, 0.2) is 17.6 Å². The lowest BCUT2D eigenvalue weighted by Gasteiger charge is -1.97. The second-order valence-electron chi connectivity index (χ2n) is 2.56. The van der Waals surface area contributed by atoms with Crippen LogP contribution in [0, 0.1) is 0 Å². The number of imidazole rings is 1. The van der Waals surface area contributed by atoms with E-state index in [0.29, 0.717) is 4.47 Å². The molecule has 0 saturated heterocycles. The Labute approximate surface area is 94.3 Å². The van der Waals surface area contributed by atoms with E-state index in [1.807, 2.05) is 17.8 Å². The van der Waals surface area contributed by atoms with Gasteiger partial charge >= 0.3 is 0 Å². The molecule has 0 amide bonds. The van der Waals surface area contributed by atoms with E-state index in [1.165, 1.54) is 11.3 Å². The molecule has 74 valence electrons. The van der Waals surface area contributed by atoms with Crippen molar-refractivity contribution in [2.24, 2.45) is 7.05 Å². The van der Waals surface area contributed by atoms with Crippen molar-refractivity contribution in [3.05, 3.63) is 21.9 Å². The van der Waals surface area contributed by atoms with E-state index in [-0.39, 0.29) is 0 Å². The largest absolute Gasteiger partial charge is 0.329 e. The molecule has 0 aromatic carbocycles. The molecule has 0 saturated carbocycles. The minimum Gasteiger partial charge on any atom is -0.329 e. The summed E-state index contributed by atoms with van der Waals surface area (Å²) in [6.45, 7) is 0. The average Bonchev–Trinajstić information content (AvgIpc) is 2.72. The lowest BCUT2D eigenvalue weighted by atomic mass is 10.9. The highest BCUT2D eigenvalue weighted by atomic mass is 35.5. The molecule has 0 bridgehead atoms. The zero-order valence-electron chi connectivity index (χ0n) is 7.35. The highest BCUT2D eigenvalue weighted by molar-refractivity contribution is 7.98. The zero-order valence-corrected chi connectivity index (χ0v) is 9.73. The van der Waals surface area contributed by atoms with Crippen molar-refractivity contribution >= 4 is 34.7 Å². The Morgan fingerprint density at radius 2 is 2.43 bits per heavy atom. The van der Waals surface area contributed by atoms with Crippen LogP contribution in [0.5, 0.6) is 0 Å². The number of aryl methyl sites for hydroxylation is 1. The Morgan fingerprint density at radius 3 is 3.00 bits per heavy atom. The second-order valence-corrected chi connectivity index (χ2v) is 5.14. The first-order valence-corrected chi connectivity index (χ1v) is 6.02. The van der Waals surface area contributed by atoms with Crippen LogP contribution >= 0.6 is 34.7 Å². The van der Waals surface area contributed by atoms with Crippen molar-refractivity contribution in [2.75, 3.05) is 0 Å². The van der Waals surface area contributed by atoms with E-state index < -0.39 is 0 Å². The number of halogens is 1. The molecule has 2 rings (SSSR count). The van der Waals surface area contributed by atoms with Crippen LogP contribution in [0.1, 0.15) is 5.01 Å². The van der Waals surface area contributed by atoms with E-state index in [2.05, 4.69) is 15.2 Å². The minimum absolute atomic E-state index is 0.487. The molecule has 0 aliphatic rings. The molecule has 0 fully saturated rings. The Balaban J connectivity index is 1.98. The van der Waals surface area contributed by atoms with Gasteiger partial charge in [-0.25, -0.2) is 4.98 Å².